The van der Waals surface area contributed by atoms with Crippen molar-refractivity contribution in [2.24, 2.45) is 4.99 Å². The summed E-state index contributed by atoms with van der Waals surface area (Å²) < 4.78 is 0. The zero-order valence-electron chi connectivity index (χ0n) is 16.6. The average molecular weight is 474 g/mol. The van der Waals surface area contributed by atoms with Crippen LogP contribution in [0.1, 0.15) is 57.1 Å². The molecule has 1 amide bonds. The summed E-state index contributed by atoms with van der Waals surface area (Å²) in [7, 11) is 1.75. The van der Waals surface area contributed by atoms with E-state index in [0.29, 0.717) is 18.9 Å². The van der Waals surface area contributed by atoms with E-state index in [1.165, 1.54) is 11.1 Å². The Kier molecular flexibility index (Phi) is 14.1. The standard InChI is InChI=1S/C20H34N4O.HI/c1-5-13-22-19(25)12-15-24-20(21-4)23-14-6-7-17-8-10-18(11-9-17)16(2)3;/h8-11,16H,5-7,12-15H2,1-4H3,(H,22,25)(H2,21,23,24);1H. The number of hydrogen-bond donors (Lipinski definition) is 3. The van der Waals surface area contributed by atoms with Crippen LogP contribution in [0.4, 0.5) is 0 Å². The molecule has 0 unspecified atom stereocenters. The van der Waals surface area contributed by atoms with Crippen LogP contribution >= 0.6 is 24.0 Å². The number of rotatable bonds is 10. The normalized spacial score (nSPS) is 11.0. The third kappa shape index (κ3) is 10.6. The number of guanidine groups is 1. The van der Waals surface area contributed by atoms with Crippen molar-refractivity contribution < 1.29 is 4.79 Å². The molecular weight excluding hydrogens is 439 g/mol. The molecule has 0 spiro atoms. The third-order valence-corrected chi connectivity index (χ3v) is 4.02. The largest absolute Gasteiger partial charge is 0.356 e. The summed E-state index contributed by atoms with van der Waals surface area (Å²) in [5.74, 6) is 1.40. The highest BCUT2D eigenvalue weighted by atomic mass is 127. The lowest BCUT2D eigenvalue weighted by Crippen LogP contribution is -2.39. The predicted molar refractivity (Wildman–Crippen MR) is 122 cm³/mol. The first-order chi connectivity index (χ1) is 12.1. The van der Waals surface area contributed by atoms with Gasteiger partial charge in [-0.3, -0.25) is 9.79 Å². The van der Waals surface area contributed by atoms with Gasteiger partial charge in [-0.05, 0) is 36.3 Å². The van der Waals surface area contributed by atoms with Gasteiger partial charge in [-0.25, -0.2) is 0 Å². The minimum Gasteiger partial charge on any atom is -0.356 e. The van der Waals surface area contributed by atoms with Gasteiger partial charge in [-0.1, -0.05) is 45.0 Å². The SMILES string of the molecule is CCCNC(=O)CCNC(=NC)NCCCc1ccc(C(C)C)cc1.I. The summed E-state index contributed by atoms with van der Waals surface area (Å²) in [5, 5.41) is 9.33. The van der Waals surface area contributed by atoms with E-state index in [4.69, 9.17) is 0 Å². The number of nitrogens with zero attached hydrogens (tertiary/aromatic N) is 1. The van der Waals surface area contributed by atoms with Gasteiger partial charge in [-0.15, -0.1) is 24.0 Å². The van der Waals surface area contributed by atoms with Gasteiger partial charge >= 0.3 is 0 Å². The van der Waals surface area contributed by atoms with Gasteiger partial charge < -0.3 is 16.0 Å². The summed E-state index contributed by atoms with van der Waals surface area (Å²) in [6.07, 6.45) is 3.51. The smallest absolute Gasteiger partial charge is 0.221 e. The molecule has 6 heteroatoms. The molecule has 148 valence electrons. The molecular formula is C20H35IN4O. The van der Waals surface area contributed by atoms with Crippen LogP contribution in [0, 0.1) is 0 Å². The second kappa shape index (κ2) is 14.8. The summed E-state index contributed by atoms with van der Waals surface area (Å²) in [6, 6.07) is 8.88. The number of aryl methyl sites for hydroxylation is 1. The lowest BCUT2D eigenvalue weighted by Gasteiger charge is -2.12. The van der Waals surface area contributed by atoms with Gasteiger partial charge in [-0.2, -0.15) is 0 Å². The summed E-state index contributed by atoms with van der Waals surface area (Å²) in [5.41, 5.74) is 2.75. The molecule has 0 aliphatic rings. The molecule has 1 aromatic carbocycles. The molecule has 0 aliphatic carbocycles. The molecule has 0 aromatic heterocycles. The molecule has 0 saturated carbocycles. The fourth-order valence-corrected chi connectivity index (χ4v) is 2.44. The maximum atomic E-state index is 11.5. The van der Waals surface area contributed by atoms with Crippen molar-refractivity contribution in [3.05, 3.63) is 35.4 Å². The molecule has 0 fully saturated rings. The van der Waals surface area contributed by atoms with Crippen LogP contribution in [0.3, 0.4) is 0 Å². The van der Waals surface area contributed by atoms with E-state index in [2.05, 4.69) is 59.1 Å². The molecule has 0 bridgehead atoms. The average Bonchev–Trinajstić information content (AvgIpc) is 2.62. The Bertz CT molecular complexity index is 529. The number of aliphatic imine (C=N–C) groups is 1. The Balaban J connectivity index is 0.00000625. The first kappa shape index (κ1) is 24.7. The minimum atomic E-state index is 0. The monoisotopic (exact) mass is 474 g/mol. The zero-order valence-corrected chi connectivity index (χ0v) is 18.9. The van der Waals surface area contributed by atoms with Crippen LogP contribution in [-0.2, 0) is 11.2 Å². The van der Waals surface area contributed by atoms with Gasteiger partial charge in [0.25, 0.3) is 0 Å². The van der Waals surface area contributed by atoms with Crippen molar-refractivity contribution in [1.29, 1.82) is 0 Å². The molecule has 0 saturated heterocycles. The number of carbonyl (C=O) groups excluding carboxylic acids is 1. The van der Waals surface area contributed by atoms with Crippen molar-refractivity contribution in [3.63, 3.8) is 0 Å². The topological polar surface area (TPSA) is 65.5 Å². The maximum absolute atomic E-state index is 11.5. The number of hydrogen-bond acceptors (Lipinski definition) is 2. The summed E-state index contributed by atoms with van der Waals surface area (Å²) in [4.78, 5) is 15.7. The zero-order chi connectivity index (χ0) is 18.5. The van der Waals surface area contributed by atoms with Crippen LogP contribution < -0.4 is 16.0 Å². The van der Waals surface area contributed by atoms with E-state index >= 15 is 0 Å². The first-order valence-electron chi connectivity index (χ1n) is 9.36. The summed E-state index contributed by atoms with van der Waals surface area (Å²) >= 11 is 0. The van der Waals surface area contributed by atoms with Crippen molar-refractivity contribution in [3.8, 4) is 0 Å². The molecule has 1 aromatic rings. The molecule has 0 radical (unpaired) electrons. The van der Waals surface area contributed by atoms with E-state index in [0.717, 1.165) is 38.3 Å². The van der Waals surface area contributed by atoms with E-state index in [1.807, 2.05) is 6.92 Å². The van der Waals surface area contributed by atoms with Gasteiger partial charge in [0.05, 0.1) is 0 Å². The molecule has 0 atom stereocenters. The van der Waals surface area contributed by atoms with Crippen LogP contribution in [0.5, 0.6) is 0 Å². The fraction of sp³-hybridized carbons (Fsp3) is 0.600. The number of halogens is 1. The lowest BCUT2D eigenvalue weighted by atomic mass is 10.0. The number of nitrogens with one attached hydrogen (secondary N) is 3. The molecule has 3 N–H and O–H groups in total. The molecule has 5 nitrogen and oxygen atoms in total. The highest BCUT2D eigenvalue weighted by Crippen LogP contribution is 2.15. The maximum Gasteiger partial charge on any atom is 0.221 e. The Morgan fingerprint density at radius 2 is 1.69 bits per heavy atom. The first-order valence-corrected chi connectivity index (χ1v) is 9.36. The highest BCUT2D eigenvalue weighted by Gasteiger charge is 2.02. The second-order valence-electron chi connectivity index (χ2n) is 6.53. The van der Waals surface area contributed by atoms with Crippen LogP contribution in [0.15, 0.2) is 29.3 Å². The molecule has 0 heterocycles. The third-order valence-electron chi connectivity index (χ3n) is 4.02. The Morgan fingerprint density at radius 1 is 1.04 bits per heavy atom. The van der Waals surface area contributed by atoms with Gasteiger partial charge in [0, 0.05) is 33.1 Å². The molecule has 1 rings (SSSR count). The minimum absolute atomic E-state index is 0. The number of amides is 1. The van der Waals surface area contributed by atoms with Gasteiger partial charge in [0.15, 0.2) is 5.96 Å². The van der Waals surface area contributed by atoms with Crippen LogP contribution in [0.2, 0.25) is 0 Å². The van der Waals surface area contributed by atoms with Crippen LogP contribution in [-0.4, -0.2) is 38.5 Å². The van der Waals surface area contributed by atoms with Gasteiger partial charge in [0.2, 0.25) is 5.91 Å². The number of benzene rings is 1. The fourth-order valence-electron chi connectivity index (χ4n) is 2.44. The van der Waals surface area contributed by atoms with Crippen LogP contribution in [0.25, 0.3) is 0 Å². The van der Waals surface area contributed by atoms with Gasteiger partial charge in [0.1, 0.15) is 0 Å². The van der Waals surface area contributed by atoms with Crippen molar-refractivity contribution >= 4 is 35.8 Å². The molecule has 0 aliphatic heterocycles. The van der Waals surface area contributed by atoms with Crippen molar-refractivity contribution in [2.75, 3.05) is 26.7 Å². The summed E-state index contributed by atoms with van der Waals surface area (Å²) in [6.45, 7) is 8.66. The van der Waals surface area contributed by atoms with E-state index in [9.17, 15) is 4.79 Å². The second-order valence-corrected chi connectivity index (χ2v) is 6.53. The van der Waals surface area contributed by atoms with E-state index in [-0.39, 0.29) is 29.9 Å². The van der Waals surface area contributed by atoms with Crippen molar-refractivity contribution in [1.82, 2.24) is 16.0 Å². The Hall–Kier alpha value is -1.31. The lowest BCUT2D eigenvalue weighted by molar-refractivity contribution is -0.120. The highest BCUT2D eigenvalue weighted by molar-refractivity contribution is 14.0. The van der Waals surface area contributed by atoms with Crippen molar-refractivity contribution in [2.45, 2.75) is 52.4 Å². The molecule has 26 heavy (non-hydrogen) atoms. The Morgan fingerprint density at radius 3 is 2.27 bits per heavy atom. The number of carbonyl (C=O) groups is 1. The quantitative estimate of drug-likeness (QED) is 0.211. The Labute approximate surface area is 175 Å². The predicted octanol–water partition coefficient (Wildman–Crippen LogP) is 3.44. The van der Waals surface area contributed by atoms with E-state index in [1.54, 1.807) is 7.05 Å². The van der Waals surface area contributed by atoms with E-state index < -0.39 is 0 Å².